The fraction of sp³-hybridized carbons (Fsp3) is 0.364. The van der Waals surface area contributed by atoms with E-state index in [1.807, 2.05) is 0 Å². The van der Waals surface area contributed by atoms with E-state index in [2.05, 4.69) is 32.2 Å². The third-order valence-electron chi connectivity index (χ3n) is 5.12. The van der Waals surface area contributed by atoms with Crippen LogP contribution < -0.4 is 16.3 Å². The average molecular weight is 535 g/mol. The van der Waals surface area contributed by atoms with Gasteiger partial charge in [0.05, 0.1) is 24.8 Å². The molecule has 2 heterocycles. The minimum absolute atomic E-state index is 0.0397. The highest BCUT2D eigenvalue weighted by molar-refractivity contribution is 6.04. The molecular formula is C22H20F3N7O6. The van der Waals surface area contributed by atoms with Gasteiger partial charge in [0.2, 0.25) is 0 Å². The summed E-state index contributed by atoms with van der Waals surface area (Å²) in [4.78, 5) is 42.8. The first-order valence-electron chi connectivity index (χ1n) is 10.9. The van der Waals surface area contributed by atoms with Gasteiger partial charge < -0.3 is 25.2 Å². The first-order chi connectivity index (χ1) is 18.1. The number of azide groups is 1. The van der Waals surface area contributed by atoms with Crippen LogP contribution in [0.15, 0.2) is 46.4 Å². The van der Waals surface area contributed by atoms with Crippen molar-refractivity contribution in [2.75, 3.05) is 25.2 Å². The summed E-state index contributed by atoms with van der Waals surface area (Å²) in [5.41, 5.74) is 7.69. The number of alkyl halides is 3. The van der Waals surface area contributed by atoms with Gasteiger partial charge in [0.25, 0.3) is 5.91 Å². The Kier molecular flexibility index (Phi) is 9.41. The lowest BCUT2D eigenvalue weighted by Gasteiger charge is -2.16. The van der Waals surface area contributed by atoms with E-state index in [0.29, 0.717) is 0 Å². The predicted molar refractivity (Wildman–Crippen MR) is 123 cm³/mol. The van der Waals surface area contributed by atoms with Gasteiger partial charge in [-0.1, -0.05) is 35.2 Å². The largest absolute Gasteiger partial charge is 0.471 e. The summed E-state index contributed by atoms with van der Waals surface area (Å²) in [5, 5.41) is 16.9. The number of hydrogen-bond acceptors (Lipinski definition) is 8. The van der Waals surface area contributed by atoms with Gasteiger partial charge in [0, 0.05) is 23.1 Å². The Bertz CT molecular complexity index is 1330. The van der Waals surface area contributed by atoms with Crippen LogP contribution in [0, 0.1) is 11.8 Å². The maximum atomic E-state index is 12.8. The second-order valence-corrected chi connectivity index (χ2v) is 7.61. The second kappa shape index (κ2) is 12.7. The number of ether oxygens (including phenoxy) is 2. The van der Waals surface area contributed by atoms with Gasteiger partial charge in [-0.2, -0.15) is 18.2 Å². The van der Waals surface area contributed by atoms with Gasteiger partial charge in [-0.15, -0.1) is 0 Å². The molecule has 1 aromatic heterocycles. The molecule has 3 atom stereocenters. The molecule has 1 saturated heterocycles. The van der Waals surface area contributed by atoms with Gasteiger partial charge in [-0.3, -0.25) is 14.2 Å². The Morgan fingerprint density at radius 1 is 1.34 bits per heavy atom. The first kappa shape index (κ1) is 28.2. The maximum absolute atomic E-state index is 12.8. The maximum Gasteiger partial charge on any atom is 0.471 e. The molecule has 1 aliphatic rings. The van der Waals surface area contributed by atoms with E-state index >= 15 is 0 Å². The van der Waals surface area contributed by atoms with E-state index < -0.39 is 55.3 Å². The molecule has 1 fully saturated rings. The van der Waals surface area contributed by atoms with Crippen LogP contribution in [0.4, 0.5) is 19.0 Å². The molecule has 1 aromatic carbocycles. The Balaban J connectivity index is 1.90. The number of halogens is 3. The van der Waals surface area contributed by atoms with Gasteiger partial charge in [-0.05, 0) is 17.7 Å². The first-order valence-corrected chi connectivity index (χ1v) is 10.9. The van der Waals surface area contributed by atoms with Crippen LogP contribution in [-0.2, 0) is 14.3 Å². The molecule has 16 heteroatoms. The number of amides is 2. The highest BCUT2D eigenvalue weighted by Gasteiger charge is 2.38. The number of aromatic nitrogens is 2. The van der Waals surface area contributed by atoms with E-state index in [1.54, 1.807) is 23.5 Å². The number of aliphatic hydroxyl groups is 1. The number of nitrogens with zero attached hydrogens (tertiary/aromatic N) is 5. The zero-order valence-corrected chi connectivity index (χ0v) is 19.4. The molecule has 3 unspecified atom stereocenters. The lowest BCUT2D eigenvalue weighted by Crippen LogP contribution is -2.36. The van der Waals surface area contributed by atoms with E-state index in [0.717, 1.165) is 4.57 Å². The second-order valence-electron chi connectivity index (χ2n) is 7.61. The number of carbonyl (C=O) groups excluding carboxylic acids is 2. The molecule has 0 bridgehead atoms. The Labute approximate surface area is 212 Å². The molecule has 0 spiro atoms. The summed E-state index contributed by atoms with van der Waals surface area (Å²) in [6.07, 6.45) is -6.50. The van der Waals surface area contributed by atoms with Crippen LogP contribution in [0.5, 0.6) is 0 Å². The van der Waals surface area contributed by atoms with Crippen LogP contribution in [0.1, 0.15) is 28.6 Å². The van der Waals surface area contributed by atoms with Gasteiger partial charge >= 0.3 is 17.8 Å². The van der Waals surface area contributed by atoms with Crippen LogP contribution in [0.25, 0.3) is 10.4 Å². The summed E-state index contributed by atoms with van der Waals surface area (Å²) in [7, 11) is 0. The number of carbonyl (C=O) groups is 2. The molecular weight excluding hydrogens is 515 g/mol. The minimum atomic E-state index is -5.09. The van der Waals surface area contributed by atoms with Crippen LogP contribution in [0.3, 0.4) is 0 Å². The third kappa shape index (κ3) is 7.31. The van der Waals surface area contributed by atoms with Crippen molar-refractivity contribution in [2.45, 2.75) is 31.0 Å². The molecule has 3 rings (SSSR count). The smallest absolute Gasteiger partial charge is 0.394 e. The lowest BCUT2D eigenvalue weighted by atomic mass is 10.2. The van der Waals surface area contributed by atoms with Gasteiger partial charge in [0.1, 0.15) is 19.1 Å². The molecule has 0 radical (unpaired) electrons. The number of aliphatic hydroxyl groups excluding tert-OH is 1. The lowest BCUT2D eigenvalue weighted by molar-refractivity contribution is -0.173. The molecule has 200 valence electrons. The molecule has 2 amide bonds. The number of anilines is 1. The van der Waals surface area contributed by atoms with Crippen LogP contribution >= 0.6 is 0 Å². The molecule has 38 heavy (non-hydrogen) atoms. The zero-order chi connectivity index (χ0) is 27.7. The SMILES string of the molecule is [N-]=[N+]=NCOC1CC(n2cc(C#CCNC(=O)C(F)(F)F)c(NC(=O)c3ccccc3)nc2=O)OC1CO. The average Bonchev–Trinajstić information content (AvgIpc) is 3.30. The fourth-order valence-electron chi connectivity index (χ4n) is 3.36. The van der Waals surface area contributed by atoms with Gasteiger partial charge in [0.15, 0.2) is 5.82 Å². The van der Waals surface area contributed by atoms with Crippen molar-refractivity contribution in [3.05, 3.63) is 68.6 Å². The molecule has 3 N–H and O–H groups in total. The molecule has 1 aliphatic heterocycles. The molecule has 2 aromatic rings. The van der Waals surface area contributed by atoms with Crippen molar-refractivity contribution in [1.82, 2.24) is 14.9 Å². The standard InChI is InChI=1S/C22H20F3N7O6/c23-22(24,25)20(35)27-8-4-7-14-10-32(17-9-15(16(11-33)38-17)37-12-28-31-26)21(36)30-18(14)29-19(34)13-5-2-1-3-6-13/h1-3,5-6,10,15-17,33H,8-9,11-12H2,(H,27,35)(H,29,30,34,36). The highest BCUT2D eigenvalue weighted by Crippen LogP contribution is 2.30. The Morgan fingerprint density at radius 2 is 2.08 bits per heavy atom. The molecule has 13 nitrogen and oxygen atoms in total. The summed E-state index contributed by atoms with van der Waals surface area (Å²) in [6.45, 7) is -1.51. The minimum Gasteiger partial charge on any atom is -0.394 e. The monoisotopic (exact) mass is 535 g/mol. The van der Waals surface area contributed by atoms with Crippen molar-refractivity contribution < 1.29 is 37.3 Å². The zero-order valence-electron chi connectivity index (χ0n) is 19.4. The molecule has 0 aliphatic carbocycles. The summed E-state index contributed by atoms with van der Waals surface area (Å²) < 4.78 is 49.3. The van der Waals surface area contributed by atoms with Crippen molar-refractivity contribution in [3.63, 3.8) is 0 Å². The van der Waals surface area contributed by atoms with Crippen LogP contribution in [0.2, 0.25) is 0 Å². The van der Waals surface area contributed by atoms with Crippen molar-refractivity contribution in [2.24, 2.45) is 5.11 Å². The van der Waals surface area contributed by atoms with E-state index in [1.165, 1.54) is 18.3 Å². The summed E-state index contributed by atoms with van der Waals surface area (Å²) in [6, 6.07) is 7.92. The highest BCUT2D eigenvalue weighted by atomic mass is 19.4. The van der Waals surface area contributed by atoms with Crippen molar-refractivity contribution in [1.29, 1.82) is 0 Å². The summed E-state index contributed by atoms with van der Waals surface area (Å²) >= 11 is 0. The van der Waals surface area contributed by atoms with Crippen molar-refractivity contribution in [3.8, 4) is 11.8 Å². The fourth-order valence-corrected chi connectivity index (χ4v) is 3.36. The predicted octanol–water partition coefficient (Wildman–Crippen LogP) is 1.46. The number of nitrogens with one attached hydrogen (secondary N) is 2. The number of benzene rings is 1. The number of rotatable bonds is 8. The van der Waals surface area contributed by atoms with Gasteiger partial charge in [-0.25, -0.2) is 4.79 Å². The normalized spacial score (nSPS) is 18.6. The Hall–Kier alpha value is -4.42. The third-order valence-corrected chi connectivity index (χ3v) is 5.12. The van der Waals surface area contributed by atoms with Crippen LogP contribution in [-0.4, -0.2) is 64.7 Å². The quantitative estimate of drug-likeness (QED) is 0.198. The van der Waals surface area contributed by atoms with Crippen molar-refractivity contribution >= 4 is 17.6 Å². The summed E-state index contributed by atoms with van der Waals surface area (Å²) in [5.74, 6) is 1.71. The molecule has 0 saturated carbocycles. The van der Waals surface area contributed by atoms with E-state index in [4.69, 9.17) is 15.0 Å². The number of hydrogen-bond donors (Lipinski definition) is 3. The Morgan fingerprint density at radius 3 is 2.74 bits per heavy atom. The van der Waals surface area contributed by atoms with E-state index in [-0.39, 0.29) is 30.1 Å². The topological polar surface area (TPSA) is 181 Å². The van der Waals surface area contributed by atoms with E-state index in [9.17, 15) is 32.7 Å².